The Balaban J connectivity index is 1.47. The van der Waals surface area contributed by atoms with E-state index in [2.05, 4.69) is 20.3 Å². The third-order valence-electron chi connectivity index (χ3n) is 6.87. The molecule has 1 aliphatic heterocycles. The lowest BCUT2D eigenvalue weighted by Gasteiger charge is -2.16. The maximum atomic E-state index is 13.3. The minimum Gasteiger partial charge on any atom is -0.497 e. The van der Waals surface area contributed by atoms with Crippen LogP contribution in [0.15, 0.2) is 24.5 Å². The van der Waals surface area contributed by atoms with Crippen LogP contribution in [0.2, 0.25) is 0 Å². The first-order valence-corrected chi connectivity index (χ1v) is 12.3. The van der Waals surface area contributed by atoms with E-state index in [4.69, 9.17) is 9.47 Å². The Labute approximate surface area is 209 Å². The van der Waals surface area contributed by atoms with Crippen LogP contribution < -0.4 is 14.8 Å². The van der Waals surface area contributed by atoms with E-state index >= 15 is 0 Å². The van der Waals surface area contributed by atoms with Crippen molar-refractivity contribution in [1.82, 2.24) is 25.2 Å². The summed E-state index contributed by atoms with van der Waals surface area (Å²) in [5.41, 5.74) is 3.44. The van der Waals surface area contributed by atoms with Crippen LogP contribution >= 0.6 is 0 Å². The number of ether oxygens (including phenoxy) is 2. The predicted octanol–water partition coefficient (Wildman–Crippen LogP) is 2.44. The number of aliphatic hydroxyl groups is 1. The largest absolute Gasteiger partial charge is 0.497 e. The van der Waals surface area contributed by atoms with Crippen LogP contribution in [0, 0.1) is 12.8 Å². The lowest BCUT2D eigenvalue weighted by Crippen LogP contribution is -2.43. The van der Waals surface area contributed by atoms with Gasteiger partial charge < -0.3 is 29.8 Å². The molecular weight excluding hydrogens is 462 g/mol. The predicted molar refractivity (Wildman–Crippen MR) is 133 cm³/mol. The Bertz CT molecular complexity index is 1300. The Morgan fingerprint density at radius 3 is 2.78 bits per heavy atom. The molecule has 3 heterocycles. The number of benzene rings is 1. The normalized spacial score (nSPS) is 19.5. The fourth-order valence-electron chi connectivity index (χ4n) is 4.64. The molecule has 3 N–H and O–H groups in total. The number of nitrogens with zero attached hydrogens (tertiary/aromatic N) is 3. The Morgan fingerprint density at radius 2 is 2.06 bits per heavy atom. The number of H-pyrrole nitrogens is 1. The highest BCUT2D eigenvalue weighted by Crippen LogP contribution is 2.38. The summed E-state index contributed by atoms with van der Waals surface area (Å²) < 4.78 is 11.6. The zero-order valence-electron chi connectivity index (χ0n) is 20.7. The number of carbonyl (C=O) groups excluding carboxylic acids is 2. The number of aromatic amines is 1. The molecule has 0 radical (unpaired) electrons. The van der Waals surface area contributed by atoms with Crippen molar-refractivity contribution in [3.05, 3.63) is 35.8 Å². The van der Waals surface area contributed by atoms with Gasteiger partial charge in [0.1, 0.15) is 29.0 Å². The van der Waals surface area contributed by atoms with Crippen LogP contribution in [-0.4, -0.2) is 75.7 Å². The van der Waals surface area contributed by atoms with Gasteiger partial charge in [-0.05, 0) is 43.9 Å². The van der Waals surface area contributed by atoms with E-state index in [9.17, 15) is 14.7 Å². The summed E-state index contributed by atoms with van der Waals surface area (Å²) in [5, 5.41) is 13.3. The molecule has 3 aromatic rings. The van der Waals surface area contributed by atoms with Gasteiger partial charge >= 0.3 is 0 Å². The maximum absolute atomic E-state index is 13.3. The Kier molecular flexibility index (Phi) is 6.53. The van der Waals surface area contributed by atoms with Crippen LogP contribution in [-0.2, 0) is 4.79 Å². The second-order valence-corrected chi connectivity index (χ2v) is 9.49. The number of methoxy groups -OCH3 is 1. The number of rotatable bonds is 8. The number of amides is 2. The van der Waals surface area contributed by atoms with Crippen molar-refractivity contribution in [2.75, 3.05) is 26.8 Å². The smallest absolute Gasteiger partial charge is 0.255 e. The van der Waals surface area contributed by atoms with Gasteiger partial charge in [-0.15, -0.1) is 0 Å². The summed E-state index contributed by atoms with van der Waals surface area (Å²) >= 11 is 0. The summed E-state index contributed by atoms with van der Waals surface area (Å²) in [5.74, 6) is 1.52. The fraction of sp³-hybridized carbons (Fsp3) is 0.462. The van der Waals surface area contributed by atoms with Crippen molar-refractivity contribution in [3.8, 4) is 22.8 Å². The number of aromatic nitrogens is 3. The molecule has 2 aromatic heterocycles. The molecule has 10 heteroatoms. The molecule has 1 aromatic carbocycles. The van der Waals surface area contributed by atoms with Crippen molar-refractivity contribution >= 4 is 22.8 Å². The zero-order chi connectivity index (χ0) is 25.4. The van der Waals surface area contributed by atoms with Gasteiger partial charge in [0.15, 0.2) is 0 Å². The number of carbonyl (C=O) groups is 2. The second-order valence-electron chi connectivity index (χ2n) is 9.49. The summed E-state index contributed by atoms with van der Waals surface area (Å²) in [7, 11) is 1.60. The zero-order valence-corrected chi connectivity index (χ0v) is 20.7. The van der Waals surface area contributed by atoms with Crippen molar-refractivity contribution in [3.63, 3.8) is 0 Å². The van der Waals surface area contributed by atoms with E-state index in [1.807, 2.05) is 18.2 Å². The van der Waals surface area contributed by atoms with Crippen LogP contribution in [0.25, 0.3) is 22.3 Å². The molecule has 2 amide bonds. The highest BCUT2D eigenvalue weighted by molar-refractivity contribution is 6.09. The average Bonchev–Trinajstić information content (AvgIpc) is 3.55. The Morgan fingerprint density at radius 1 is 1.25 bits per heavy atom. The van der Waals surface area contributed by atoms with Gasteiger partial charge in [0.2, 0.25) is 5.91 Å². The first kappa shape index (κ1) is 24.1. The molecule has 2 atom stereocenters. The van der Waals surface area contributed by atoms with Gasteiger partial charge in [-0.3, -0.25) is 9.59 Å². The highest BCUT2D eigenvalue weighted by Gasteiger charge is 2.35. The molecule has 36 heavy (non-hydrogen) atoms. The van der Waals surface area contributed by atoms with E-state index in [0.717, 1.165) is 5.56 Å². The van der Waals surface area contributed by atoms with Gasteiger partial charge in [0.25, 0.3) is 5.91 Å². The minimum atomic E-state index is -0.830. The van der Waals surface area contributed by atoms with Crippen molar-refractivity contribution < 1.29 is 24.2 Å². The molecule has 1 saturated carbocycles. The minimum absolute atomic E-state index is 0.0514. The van der Waals surface area contributed by atoms with Crippen molar-refractivity contribution in [2.45, 2.75) is 45.3 Å². The molecular formula is C26H31N5O5. The van der Waals surface area contributed by atoms with E-state index in [0.29, 0.717) is 58.4 Å². The highest BCUT2D eigenvalue weighted by atomic mass is 16.5. The molecule has 190 valence electrons. The summed E-state index contributed by atoms with van der Waals surface area (Å²) in [6, 6.07) is 5.04. The third-order valence-corrected chi connectivity index (χ3v) is 6.87. The monoisotopic (exact) mass is 493 g/mol. The number of nitrogens with one attached hydrogen (secondary N) is 2. The number of aliphatic hydroxyl groups excluding tert-OH is 1. The molecule has 2 aliphatic rings. The number of likely N-dealkylation sites (tertiary alicyclic amines) is 1. The van der Waals surface area contributed by atoms with E-state index < -0.39 is 12.1 Å². The molecule has 1 saturated heterocycles. The van der Waals surface area contributed by atoms with Crippen molar-refractivity contribution in [1.29, 1.82) is 0 Å². The van der Waals surface area contributed by atoms with Crippen LogP contribution in [0.3, 0.4) is 0 Å². The number of hydrogen-bond donors (Lipinski definition) is 3. The molecule has 2 fully saturated rings. The lowest BCUT2D eigenvalue weighted by atomic mass is 10.1. The topological polar surface area (TPSA) is 130 Å². The molecule has 10 nitrogen and oxygen atoms in total. The number of β-amino-alcohol motifs (C(OH)–C–C–N with tert-alkyl or cyclic N) is 1. The quantitative estimate of drug-likeness (QED) is 0.439. The summed E-state index contributed by atoms with van der Waals surface area (Å²) in [4.78, 5) is 39.2. The lowest BCUT2D eigenvalue weighted by molar-refractivity contribution is -0.130. The van der Waals surface area contributed by atoms with Gasteiger partial charge in [-0.2, -0.15) is 0 Å². The van der Waals surface area contributed by atoms with Gasteiger partial charge in [0, 0.05) is 30.8 Å². The Hall–Kier alpha value is -3.66. The van der Waals surface area contributed by atoms with Gasteiger partial charge in [-0.25, -0.2) is 9.97 Å². The molecule has 0 spiro atoms. The fourth-order valence-corrected chi connectivity index (χ4v) is 4.64. The first-order valence-electron chi connectivity index (χ1n) is 12.3. The molecule has 0 bridgehead atoms. The number of fused-ring (bicyclic) bond motifs is 1. The van der Waals surface area contributed by atoms with Crippen molar-refractivity contribution in [2.24, 2.45) is 5.92 Å². The molecule has 5 rings (SSSR count). The van der Waals surface area contributed by atoms with Crippen LogP contribution in [0.4, 0.5) is 0 Å². The van der Waals surface area contributed by atoms with Crippen LogP contribution in [0.5, 0.6) is 11.5 Å². The standard InChI is InChI=1S/C26H31N5O5/c1-4-21(33)31-10-18(19(32)11-31)30-26(34)22-14(2)29-25-23(27-13-28-24(22)25)17-9-16(35-3)7-8-20(17)36-12-15-5-6-15/h7-9,13,15,18-19,29,32H,4-6,10-12H2,1-3H3,(H,30,34)/t18-,19-/m1/s1. The summed E-state index contributed by atoms with van der Waals surface area (Å²) in [6.45, 7) is 4.70. The van der Waals surface area contributed by atoms with E-state index in [1.165, 1.54) is 19.2 Å². The first-order chi connectivity index (χ1) is 17.4. The van der Waals surface area contributed by atoms with Gasteiger partial charge in [-0.1, -0.05) is 6.92 Å². The van der Waals surface area contributed by atoms with Gasteiger partial charge in [0.05, 0.1) is 36.9 Å². The van der Waals surface area contributed by atoms with Crippen LogP contribution in [0.1, 0.15) is 42.2 Å². The maximum Gasteiger partial charge on any atom is 0.255 e. The molecule has 0 unspecified atom stereocenters. The third kappa shape index (κ3) is 4.60. The van der Waals surface area contributed by atoms with E-state index in [1.54, 1.807) is 25.9 Å². The average molecular weight is 494 g/mol. The molecule has 1 aliphatic carbocycles. The SMILES string of the molecule is CCC(=O)N1C[C@@H](O)[C@H](NC(=O)c2c(C)[nH]c3c(-c4cc(OC)ccc4OCC4CC4)ncnc23)C1. The second kappa shape index (κ2) is 9.77. The number of aryl methyl sites for hydroxylation is 1. The number of hydrogen-bond acceptors (Lipinski definition) is 7. The summed E-state index contributed by atoms with van der Waals surface area (Å²) in [6.07, 6.45) is 3.31. The van der Waals surface area contributed by atoms with E-state index in [-0.39, 0.29) is 24.9 Å².